The number of amides is 1. The Kier molecular flexibility index (Phi) is 8.47. The summed E-state index contributed by atoms with van der Waals surface area (Å²) in [6.45, 7) is 6.62. The molecular formula is C15H28ClNO2. The number of piperidine rings is 1. The summed E-state index contributed by atoms with van der Waals surface area (Å²) >= 11 is 5.62. The molecule has 1 fully saturated rings. The van der Waals surface area contributed by atoms with Gasteiger partial charge in [-0.2, -0.15) is 0 Å². The first-order valence-electron chi connectivity index (χ1n) is 7.69. The van der Waals surface area contributed by atoms with Crippen LogP contribution in [0.25, 0.3) is 0 Å². The van der Waals surface area contributed by atoms with E-state index < -0.39 is 0 Å². The van der Waals surface area contributed by atoms with Crippen molar-refractivity contribution in [1.29, 1.82) is 0 Å². The lowest BCUT2D eigenvalue weighted by atomic mass is 9.95. The van der Waals surface area contributed by atoms with E-state index in [0.29, 0.717) is 24.5 Å². The highest BCUT2D eigenvalue weighted by Gasteiger charge is 2.27. The zero-order valence-corrected chi connectivity index (χ0v) is 13.1. The van der Waals surface area contributed by atoms with Crippen LogP contribution < -0.4 is 0 Å². The molecule has 3 nitrogen and oxygen atoms in total. The molecule has 0 spiro atoms. The second-order valence-corrected chi connectivity index (χ2v) is 5.74. The highest BCUT2D eigenvalue weighted by molar-refractivity contribution is 6.17. The van der Waals surface area contributed by atoms with Crippen molar-refractivity contribution in [2.75, 3.05) is 25.6 Å². The molecule has 0 aromatic rings. The summed E-state index contributed by atoms with van der Waals surface area (Å²) in [5.41, 5.74) is 0. The van der Waals surface area contributed by atoms with Gasteiger partial charge in [0.2, 0.25) is 5.91 Å². The fraction of sp³-hybridized carbons (Fsp3) is 0.933. The zero-order valence-electron chi connectivity index (χ0n) is 12.4. The predicted octanol–water partition coefficient (Wildman–Crippen LogP) is 3.45. The van der Waals surface area contributed by atoms with E-state index in [9.17, 15) is 4.79 Å². The van der Waals surface area contributed by atoms with Gasteiger partial charge >= 0.3 is 0 Å². The fourth-order valence-corrected chi connectivity index (χ4v) is 2.89. The maximum atomic E-state index is 12.5. The van der Waals surface area contributed by atoms with E-state index >= 15 is 0 Å². The molecule has 19 heavy (non-hydrogen) atoms. The number of ether oxygens (including phenoxy) is 1. The molecule has 4 heteroatoms. The Labute approximate surface area is 122 Å². The number of halogens is 1. The van der Waals surface area contributed by atoms with E-state index in [1.54, 1.807) is 0 Å². The summed E-state index contributed by atoms with van der Waals surface area (Å²) in [4.78, 5) is 14.5. The normalized spacial score (nSPS) is 17.2. The fourth-order valence-electron chi connectivity index (χ4n) is 2.80. The number of likely N-dealkylation sites (tertiary alicyclic amines) is 1. The van der Waals surface area contributed by atoms with Crippen LogP contribution in [0.3, 0.4) is 0 Å². The van der Waals surface area contributed by atoms with Gasteiger partial charge < -0.3 is 9.64 Å². The molecule has 0 N–H and O–H groups in total. The first-order valence-corrected chi connectivity index (χ1v) is 8.22. The molecule has 0 aliphatic carbocycles. The molecule has 1 saturated heterocycles. The van der Waals surface area contributed by atoms with Crippen LogP contribution in [0.15, 0.2) is 0 Å². The molecule has 1 amide bonds. The molecule has 0 aromatic heterocycles. The molecular weight excluding hydrogens is 262 g/mol. The lowest BCUT2D eigenvalue weighted by Crippen LogP contribution is -2.43. The molecule has 0 aromatic carbocycles. The number of hydrogen-bond donors (Lipinski definition) is 0. The molecule has 1 aliphatic heterocycles. The minimum atomic E-state index is 0.232. The Balaban J connectivity index is 2.37. The second kappa shape index (κ2) is 9.60. The summed E-state index contributed by atoms with van der Waals surface area (Å²) in [6.07, 6.45) is 6.42. The number of hydrogen-bond acceptors (Lipinski definition) is 2. The summed E-state index contributed by atoms with van der Waals surface area (Å²) in [7, 11) is 0. The molecule has 0 unspecified atom stereocenters. The smallest absolute Gasteiger partial charge is 0.225 e. The number of alkyl halides is 1. The van der Waals surface area contributed by atoms with E-state index in [2.05, 4.69) is 13.8 Å². The molecule has 0 atom stereocenters. The van der Waals surface area contributed by atoms with Crippen LogP contribution in [0.2, 0.25) is 0 Å². The van der Waals surface area contributed by atoms with Crippen molar-refractivity contribution in [3.05, 3.63) is 0 Å². The van der Waals surface area contributed by atoms with E-state index in [0.717, 1.165) is 51.6 Å². The molecule has 112 valence electrons. The monoisotopic (exact) mass is 289 g/mol. The van der Waals surface area contributed by atoms with E-state index in [1.807, 2.05) is 4.90 Å². The van der Waals surface area contributed by atoms with Crippen molar-refractivity contribution < 1.29 is 9.53 Å². The topological polar surface area (TPSA) is 29.5 Å². The minimum Gasteiger partial charge on any atom is -0.377 e. The van der Waals surface area contributed by atoms with E-state index in [1.165, 1.54) is 0 Å². The van der Waals surface area contributed by atoms with Crippen LogP contribution in [-0.4, -0.2) is 42.5 Å². The van der Waals surface area contributed by atoms with Gasteiger partial charge in [-0.3, -0.25) is 4.79 Å². The van der Waals surface area contributed by atoms with Gasteiger partial charge in [-0.1, -0.05) is 26.7 Å². The summed E-state index contributed by atoms with van der Waals surface area (Å²) < 4.78 is 5.65. The van der Waals surface area contributed by atoms with Crippen LogP contribution in [0.4, 0.5) is 0 Å². The third-order valence-corrected chi connectivity index (χ3v) is 3.96. The lowest BCUT2D eigenvalue weighted by Gasteiger charge is -2.34. The Bertz CT molecular complexity index is 247. The zero-order chi connectivity index (χ0) is 14.1. The van der Waals surface area contributed by atoms with Gasteiger partial charge in [-0.25, -0.2) is 0 Å². The maximum Gasteiger partial charge on any atom is 0.225 e. The standard InChI is InChI=1S/C15H28ClNO2/c1-3-5-13(6-4-2)15(18)17-10-7-14(8-11-17)19-12-9-16/h13-14H,3-12H2,1-2H3. The van der Waals surface area contributed by atoms with Gasteiger partial charge in [0, 0.05) is 24.9 Å². The first kappa shape index (κ1) is 16.8. The van der Waals surface area contributed by atoms with Gasteiger partial charge in [-0.15, -0.1) is 11.6 Å². The molecule has 0 bridgehead atoms. The largest absolute Gasteiger partial charge is 0.377 e. The van der Waals surface area contributed by atoms with E-state index in [-0.39, 0.29) is 5.92 Å². The Morgan fingerprint density at radius 3 is 2.32 bits per heavy atom. The van der Waals surface area contributed by atoms with Crippen LogP contribution in [0.1, 0.15) is 52.4 Å². The van der Waals surface area contributed by atoms with Gasteiger partial charge in [0.25, 0.3) is 0 Å². The number of nitrogens with zero attached hydrogens (tertiary/aromatic N) is 1. The van der Waals surface area contributed by atoms with Crippen molar-refractivity contribution in [2.24, 2.45) is 5.92 Å². The Hall–Kier alpha value is -0.280. The predicted molar refractivity (Wildman–Crippen MR) is 79.6 cm³/mol. The van der Waals surface area contributed by atoms with Crippen LogP contribution in [0.5, 0.6) is 0 Å². The van der Waals surface area contributed by atoms with Gasteiger partial charge in [0.1, 0.15) is 0 Å². The Morgan fingerprint density at radius 1 is 1.26 bits per heavy atom. The molecule has 1 rings (SSSR count). The number of rotatable bonds is 8. The maximum absolute atomic E-state index is 12.5. The number of carbonyl (C=O) groups is 1. The van der Waals surface area contributed by atoms with Gasteiger partial charge in [0.15, 0.2) is 0 Å². The highest BCUT2D eigenvalue weighted by Crippen LogP contribution is 2.21. The second-order valence-electron chi connectivity index (χ2n) is 5.36. The Morgan fingerprint density at radius 2 is 1.84 bits per heavy atom. The van der Waals surface area contributed by atoms with E-state index in [4.69, 9.17) is 16.3 Å². The van der Waals surface area contributed by atoms with Crippen molar-refractivity contribution in [3.63, 3.8) is 0 Å². The minimum absolute atomic E-state index is 0.232. The van der Waals surface area contributed by atoms with Crippen molar-refractivity contribution >= 4 is 17.5 Å². The van der Waals surface area contributed by atoms with Crippen molar-refractivity contribution in [2.45, 2.75) is 58.5 Å². The summed E-state index contributed by atoms with van der Waals surface area (Å²) in [6, 6.07) is 0. The number of carbonyl (C=O) groups excluding carboxylic acids is 1. The van der Waals surface area contributed by atoms with Gasteiger partial charge in [-0.05, 0) is 25.7 Å². The molecule has 0 radical (unpaired) electrons. The first-order chi connectivity index (χ1) is 9.22. The summed E-state index contributed by atoms with van der Waals surface area (Å²) in [5, 5.41) is 0. The summed E-state index contributed by atoms with van der Waals surface area (Å²) in [5.74, 6) is 1.14. The van der Waals surface area contributed by atoms with Crippen LogP contribution in [0, 0.1) is 5.92 Å². The SMILES string of the molecule is CCCC(CCC)C(=O)N1CCC(OCCCl)CC1. The van der Waals surface area contributed by atoms with Crippen LogP contribution in [-0.2, 0) is 9.53 Å². The lowest BCUT2D eigenvalue weighted by molar-refractivity contribution is -0.138. The van der Waals surface area contributed by atoms with Gasteiger partial charge in [0.05, 0.1) is 12.7 Å². The molecule has 1 heterocycles. The average Bonchev–Trinajstić information content (AvgIpc) is 2.44. The third kappa shape index (κ3) is 5.70. The average molecular weight is 290 g/mol. The van der Waals surface area contributed by atoms with Crippen molar-refractivity contribution in [3.8, 4) is 0 Å². The van der Waals surface area contributed by atoms with Crippen molar-refractivity contribution in [1.82, 2.24) is 4.90 Å². The molecule has 0 saturated carbocycles. The third-order valence-electron chi connectivity index (χ3n) is 3.81. The molecule has 1 aliphatic rings. The quantitative estimate of drug-likeness (QED) is 0.641. The van der Waals surface area contributed by atoms with Crippen LogP contribution >= 0.6 is 11.6 Å². The highest BCUT2D eigenvalue weighted by atomic mass is 35.5.